The van der Waals surface area contributed by atoms with E-state index in [2.05, 4.69) is 0 Å². The Morgan fingerprint density at radius 1 is 1.21 bits per heavy atom. The number of ether oxygens (including phenoxy) is 4. The van der Waals surface area contributed by atoms with E-state index in [1.54, 1.807) is 0 Å². The minimum Gasteiger partial charge on any atom is -0.491 e. The Hall–Kier alpha value is -1.10. The zero-order valence-electron chi connectivity index (χ0n) is 11.6. The van der Waals surface area contributed by atoms with Gasteiger partial charge in [-0.2, -0.15) is 0 Å². The molecule has 1 aromatic rings. The normalized spacial score (nSPS) is 17.7. The zero-order chi connectivity index (χ0) is 13.5. The molecule has 0 aromatic heterocycles. The molecule has 1 aliphatic rings. The molecule has 1 atom stereocenters. The van der Waals surface area contributed by atoms with Crippen LogP contribution in [0.4, 0.5) is 0 Å². The number of hydrogen-bond donors (Lipinski definition) is 0. The van der Waals surface area contributed by atoms with Crippen LogP contribution >= 0.6 is 0 Å². The summed E-state index contributed by atoms with van der Waals surface area (Å²) < 4.78 is 21.6. The summed E-state index contributed by atoms with van der Waals surface area (Å²) >= 11 is 0. The van der Waals surface area contributed by atoms with Gasteiger partial charge in [0.25, 0.3) is 0 Å². The van der Waals surface area contributed by atoms with E-state index >= 15 is 0 Å². The van der Waals surface area contributed by atoms with Crippen molar-refractivity contribution >= 4 is 0 Å². The van der Waals surface area contributed by atoms with Crippen molar-refractivity contribution in [3.8, 4) is 5.75 Å². The van der Waals surface area contributed by atoms with Gasteiger partial charge in [-0.05, 0) is 31.5 Å². The first-order valence-electron chi connectivity index (χ1n) is 6.77. The van der Waals surface area contributed by atoms with E-state index < -0.39 is 0 Å². The van der Waals surface area contributed by atoms with Crippen molar-refractivity contribution in [1.29, 1.82) is 0 Å². The van der Waals surface area contributed by atoms with Crippen LogP contribution in [0.25, 0.3) is 0 Å². The van der Waals surface area contributed by atoms with Crippen LogP contribution in [0.15, 0.2) is 24.3 Å². The summed E-state index contributed by atoms with van der Waals surface area (Å²) in [5.74, 6) is 0.877. The van der Waals surface area contributed by atoms with Crippen LogP contribution in [-0.2, 0) is 20.8 Å². The second-order valence-electron chi connectivity index (χ2n) is 4.88. The van der Waals surface area contributed by atoms with Gasteiger partial charge in [-0.15, -0.1) is 0 Å². The molecular formula is C15H22O4. The van der Waals surface area contributed by atoms with Crippen molar-refractivity contribution in [3.05, 3.63) is 29.8 Å². The molecule has 1 aromatic carbocycles. The Labute approximate surface area is 114 Å². The van der Waals surface area contributed by atoms with E-state index in [0.29, 0.717) is 32.5 Å². The van der Waals surface area contributed by atoms with Crippen molar-refractivity contribution in [3.63, 3.8) is 0 Å². The van der Waals surface area contributed by atoms with Gasteiger partial charge in [-0.3, -0.25) is 0 Å². The molecule has 0 N–H and O–H groups in total. The van der Waals surface area contributed by atoms with Crippen LogP contribution < -0.4 is 4.74 Å². The molecule has 0 unspecified atom stereocenters. The first kappa shape index (κ1) is 14.3. The smallest absolute Gasteiger partial charge is 0.119 e. The fraction of sp³-hybridized carbons (Fsp3) is 0.600. The van der Waals surface area contributed by atoms with Gasteiger partial charge in [-0.1, -0.05) is 12.1 Å². The minimum atomic E-state index is 0.260. The van der Waals surface area contributed by atoms with Crippen LogP contribution in [0.3, 0.4) is 0 Å². The third-order valence-electron chi connectivity index (χ3n) is 2.71. The molecule has 4 heteroatoms. The molecule has 0 spiro atoms. The lowest BCUT2D eigenvalue weighted by atomic mass is 10.2. The topological polar surface area (TPSA) is 40.2 Å². The molecule has 1 aliphatic heterocycles. The summed E-state index contributed by atoms with van der Waals surface area (Å²) in [6.07, 6.45) is 0.555. The van der Waals surface area contributed by atoms with E-state index in [-0.39, 0.29) is 6.10 Å². The van der Waals surface area contributed by atoms with Crippen LogP contribution in [0.1, 0.15) is 19.4 Å². The maximum Gasteiger partial charge on any atom is 0.119 e. The molecule has 0 saturated carbocycles. The molecule has 1 saturated heterocycles. The lowest BCUT2D eigenvalue weighted by Gasteiger charge is -2.09. The Kier molecular flexibility index (Phi) is 5.63. The Morgan fingerprint density at radius 2 is 1.95 bits per heavy atom. The van der Waals surface area contributed by atoms with Crippen molar-refractivity contribution in [1.82, 2.24) is 0 Å². The van der Waals surface area contributed by atoms with Crippen molar-refractivity contribution in [2.75, 3.05) is 26.4 Å². The van der Waals surface area contributed by atoms with E-state index in [0.717, 1.165) is 17.9 Å². The van der Waals surface area contributed by atoms with E-state index in [9.17, 15) is 0 Å². The minimum absolute atomic E-state index is 0.260. The van der Waals surface area contributed by atoms with Gasteiger partial charge in [0.15, 0.2) is 0 Å². The summed E-state index contributed by atoms with van der Waals surface area (Å²) in [5.41, 5.74) is 1.14. The van der Waals surface area contributed by atoms with Gasteiger partial charge in [0.2, 0.25) is 0 Å². The molecule has 2 rings (SSSR count). The molecule has 1 heterocycles. The van der Waals surface area contributed by atoms with E-state index in [4.69, 9.17) is 18.9 Å². The number of epoxide rings is 1. The summed E-state index contributed by atoms with van der Waals surface area (Å²) in [7, 11) is 0. The maximum atomic E-state index is 5.57. The van der Waals surface area contributed by atoms with Crippen LogP contribution in [0.2, 0.25) is 0 Å². The first-order chi connectivity index (χ1) is 9.24. The van der Waals surface area contributed by atoms with Gasteiger partial charge in [0.1, 0.15) is 18.5 Å². The Morgan fingerprint density at radius 3 is 2.58 bits per heavy atom. The molecule has 0 radical (unpaired) electrons. The monoisotopic (exact) mass is 266 g/mol. The summed E-state index contributed by atoms with van der Waals surface area (Å²) in [5, 5.41) is 0. The van der Waals surface area contributed by atoms with Crippen LogP contribution in [0.5, 0.6) is 5.75 Å². The number of hydrogen-bond acceptors (Lipinski definition) is 4. The fourth-order valence-corrected chi connectivity index (χ4v) is 1.57. The standard InChI is InChI=1S/C15H22O4/c1-12(2)17-8-7-16-9-13-3-5-14(6-4-13)18-10-15-11-19-15/h3-6,12,15H,7-11H2,1-2H3/t15-/m0/s1. The average molecular weight is 266 g/mol. The van der Waals surface area contributed by atoms with E-state index in [1.807, 2.05) is 38.1 Å². The highest BCUT2D eigenvalue weighted by atomic mass is 16.6. The predicted molar refractivity (Wildman–Crippen MR) is 72.4 cm³/mol. The summed E-state index contributed by atoms with van der Waals surface area (Å²) in [6, 6.07) is 7.97. The fourth-order valence-electron chi connectivity index (χ4n) is 1.57. The highest BCUT2D eigenvalue weighted by molar-refractivity contribution is 5.26. The summed E-state index contributed by atoms with van der Waals surface area (Å²) in [6.45, 7) is 7.37. The predicted octanol–water partition coefficient (Wildman–Crippen LogP) is 2.41. The zero-order valence-corrected chi connectivity index (χ0v) is 11.6. The van der Waals surface area contributed by atoms with E-state index in [1.165, 1.54) is 0 Å². The lowest BCUT2D eigenvalue weighted by molar-refractivity contribution is 0.0143. The van der Waals surface area contributed by atoms with Crippen molar-refractivity contribution in [2.24, 2.45) is 0 Å². The third kappa shape index (κ3) is 6.05. The molecule has 1 fully saturated rings. The second-order valence-corrected chi connectivity index (χ2v) is 4.88. The molecule has 106 valence electrons. The molecular weight excluding hydrogens is 244 g/mol. The van der Waals surface area contributed by atoms with Crippen molar-refractivity contribution in [2.45, 2.75) is 32.7 Å². The lowest BCUT2D eigenvalue weighted by Crippen LogP contribution is -2.09. The molecule has 0 amide bonds. The Bertz CT molecular complexity index is 357. The average Bonchev–Trinajstić information content (AvgIpc) is 3.21. The molecule has 0 bridgehead atoms. The van der Waals surface area contributed by atoms with Gasteiger partial charge in [0.05, 0.1) is 32.5 Å². The van der Waals surface area contributed by atoms with Gasteiger partial charge in [0, 0.05) is 0 Å². The quantitative estimate of drug-likeness (QED) is 0.508. The second kappa shape index (κ2) is 7.48. The van der Waals surface area contributed by atoms with Crippen LogP contribution in [0, 0.1) is 0 Å². The maximum absolute atomic E-state index is 5.57. The third-order valence-corrected chi connectivity index (χ3v) is 2.71. The van der Waals surface area contributed by atoms with Gasteiger partial charge < -0.3 is 18.9 Å². The Balaban J connectivity index is 1.60. The largest absolute Gasteiger partial charge is 0.491 e. The van der Waals surface area contributed by atoms with Gasteiger partial charge in [-0.25, -0.2) is 0 Å². The van der Waals surface area contributed by atoms with Crippen LogP contribution in [-0.4, -0.2) is 38.6 Å². The molecule has 19 heavy (non-hydrogen) atoms. The van der Waals surface area contributed by atoms with Crippen molar-refractivity contribution < 1.29 is 18.9 Å². The summed E-state index contributed by atoms with van der Waals surface area (Å²) in [4.78, 5) is 0. The van der Waals surface area contributed by atoms with Gasteiger partial charge >= 0.3 is 0 Å². The first-order valence-corrected chi connectivity index (χ1v) is 6.77. The highest BCUT2D eigenvalue weighted by Gasteiger charge is 2.22. The molecule has 4 nitrogen and oxygen atoms in total. The SMILES string of the molecule is CC(C)OCCOCc1ccc(OC[C@H]2CO2)cc1. The number of rotatable bonds is 9. The molecule has 0 aliphatic carbocycles. The highest BCUT2D eigenvalue weighted by Crippen LogP contribution is 2.16. The number of benzene rings is 1.